The molecule has 0 rings (SSSR count). The standard InChI is InChI=1S/AsH3O4.Cu.H2O/c2-1(3,4)5;;/h(H3,2,3,4,5);;1H2/q;+1;/p-3. The Labute approximate surface area is 53.5 Å². The third kappa shape index (κ3) is 290. The Bertz CT molecular complexity index is 54.2. The van der Waals surface area contributed by atoms with Crippen molar-refractivity contribution in [1.29, 1.82) is 0 Å². The first-order valence-electron chi connectivity index (χ1n) is 0.730. The first-order valence-corrected chi connectivity index (χ1v) is 3.79. The van der Waals surface area contributed by atoms with E-state index in [0.717, 1.165) is 0 Å². The topological polar surface area (TPSA) is 118 Å². The van der Waals surface area contributed by atoms with Crippen molar-refractivity contribution in [2.24, 2.45) is 0 Å². The summed E-state index contributed by atoms with van der Waals surface area (Å²) in [5.41, 5.74) is 0. The Morgan fingerprint density at radius 2 is 1.14 bits per heavy atom. The third-order valence-corrected chi connectivity index (χ3v) is 0. The van der Waals surface area contributed by atoms with E-state index in [4.69, 9.17) is 16.0 Å². The second-order valence-corrected chi connectivity index (χ2v) is 2.32. The summed E-state index contributed by atoms with van der Waals surface area (Å²) in [4.78, 5) is 0. The molecule has 50 valence electrons. The van der Waals surface area contributed by atoms with E-state index in [9.17, 15) is 0 Å². The Hall–Kier alpha value is 0.718. The van der Waals surface area contributed by atoms with Gasteiger partial charge in [-0.15, -0.1) is 0 Å². The molecule has 0 aromatic carbocycles. The van der Waals surface area contributed by atoms with Crippen LogP contribution in [0, 0.1) is 0 Å². The predicted octanol–water partition coefficient (Wildman–Crippen LogP) is -4.89. The predicted molar refractivity (Wildman–Crippen MR) is 10.1 cm³/mol. The fourth-order valence-electron chi connectivity index (χ4n) is 0. The fraction of sp³-hybridized carbons (Fsp3) is 0. The summed E-state index contributed by atoms with van der Waals surface area (Å²) in [6.07, 6.45) is 0. The maximum Gasteiger partial charge on any atom is 1.00 e. The SMILES string of the molecule is O.O=[As]([O-])([O-])[O-].[Cu+]. The average Bonchev–Trinajstić information content (AvgIpc) is 0.722. The Kier molecular flexibility index (Phi) is 10.9. The summed E-state index contributed by atoms with van der Waals surface area (Å²) in [5.74, 6) is 0. The summed E-state index contributed by atoms with van der Waals surface area (Å²) in [6.45, 7) is 0. The van der Waals surface area contributed by atoms with Crippen LogP contribution in [0.1, 0.15) is 0 Å². The van der Waals surface area contributed by atoms with Gasteiger partial charge in [-0.3, -0.25) is 0 Å². The maximum absolute atomic E-state index is 8.61. The molecule has 7 heavy (non-hydrogen) atoms. The quantitative estimate of drug-likeness (QED) is 0.380. The van der Waals surface area contributed by atoms with Crippen LogP contribution < -0.4 is 12.3 Å². The van der Waals surface area contributed by atoms with Gasteiger partial charge >= 0.3 is 47.6 Å². The van der Waals surface area contributed by atoms with Gasteiger partial charge in [0, 0.05) is 0 Å². The van der Waals surface area contributed by atoms with Gasteiger partial charge in [0.2, 0.25) is 0 Å². The molecule has 2 N–H and O–H groups in total. The van der Waals surface area contributed by atoms with Gasteiger partial charge < -0.3 is 5.48 Å². The van der Waals surface area contributed by atoms with E-state index >= 15 is 0 Å². The minimum atomic E-state index is -5.88. The van der Waals surface area contributed by atoms with Gasteiger partial charge in [-0.05, 0) is 0 Å². The minimum absolute atomic E-state index is 0. The molecule has 0 spiro atoms. The second kappa shape index (κ2) is 4.87. The molecule has 0 aliphatic heterocycles. The van der Waals surface area contributed by atoms with Crippen molar-refractivity contribution in [2.75, 3.05) is 0 Å². The van der Waals surface area contributed by atoms with Crippen molar-refractivity contribution in [3.05, 3.63) is 0 Å². The van der Waals surface area contributed by atoms with Gasteiger partial charge in [0.1, 0.15) is 0 Å². The Morgan fingerprint density at radius 3 is 1.14 bits per heavy atom. The normalized spacial score (nSPS) is 8.43. The monoisotopic (exact) mass is 220 g/mol. The molecule has 0 aliphatic rings. The molecule has 0 atom stereocenters. The molecule has 0 radical (unpaired) electrons. The van der Waals surface area contributed by atoms with E-state index in [2.05, 4.69) is 0 Å². The smallest absolute Gasteiger partial charge is 1.00 e. The van der Waals surface area contributed by atoms with Gasteiger partial charge in [0.15, 0.2) is 0 Å². The van der Waals surface area contributed by atoms with Crippen molar-refractivity contribution in [3.63, 3.8) is 0 Å². The molecule has 7 heteroatoms. The molecule has 0 amide bonds. The van der Waals surface area contributed by atoms with Gasteiger partial charge in [-0.25, -0.2) is 0 Å². The second-order valence-electron chi connectivity index (χ2n) is 0.447. The van der Waals surface area contributed by atoms with Crippen LogP contribution in [-0.2, 0) is 20.8 Å². The van der Waals surface area contributed by atoms with Crippen LogP contribution in [0.25, 0.3) is 0 Å². The molecule has 0 heterocycles. The van der Waals surface area contributed by atoms with Gasteiger partial charge in [-0.1, -0.05) is 0 Å². The Balaban J connectivity index is -0.0000000800. The summed E-state index contributed by atoms with van der Waals surface area (Å²) >= 11 is -5.88. The number of rotatable bonds is 0. The Morgan fingerprint density at radius 1 is 1.14 bits per heavy atom. The van der Waals surface area contributed by atoms with E-state index in [-0.39, 0.29) is 22.5 Å². The third-order valence-electron chi connectivity index (χ3n) is 0. The zero-order valence-corrected chi connectivity index (χ0v) is 5.70. The summed E-state index contributed by atoms with van der Waals surface area (Å²) in [5, 5.41) is 0. The zero-order chi connectivity index (χ0) is 4.50. The van der Waals surface area contributed by atoms with Crippen LogP contribution in [0.3, 0.4) is 0 Å². The van der Waals surface area contributed by atoms with Crippen LogP contribution in [0.2, 0.25) is 0 Å². The molecule has 0 aliphatic carbocycles. The first-order chi connectivity index (χ1) is 2.00. The molecule has 0 bridgehead atoms. The van der Waals surface area contributed by atoms with Crippen molar-refractivity contribution >= 4 is 14.5 Å². The molecule has 0 unspecified atom stereocenters. The number of hydrogen-bond acceptors (Lipinski definition) is 4. The molecule has 0 aromatic heterocycles. The van der Waals surface area contributed by atoms with Crippen LogP contribution >= 0.6 is 0 Å². The molecular formula is H2AsCuO5-2. The summed E-state index contributed by atoms with van der Waals surface area (Å²) in [7, 11) is 0. The largest absolute Gasteiger partial charge is 1.00 e. The molecule has 0 fully saturated rings. The van der Waals surface area contributed by atoms with Crippen molar-refractivity contribution in [3.8, 4) is 0 Å². The zero-order valence-electron chi connectivity index (χ0n) is 2.88. The maximum atomic E-state index is 8.61. The van der Waals surface area contributed by atoms with E-state index in [1.54, 1.807) is 0 Å². The summed E-state index contributed by atoms with van der Waals surface area (Å²) < 4.78 is 34.4. The van der Waals surface area contributed by atoms with E-state index < -0.39 is 14.5 Å². The van der Waals surface area contributed by atoms with Crippen LogP contribution in [0.5, 0.6) is 0 Å². The van der Waals surface area contributed by atoms with Crippen molar-refractivity contribution in [2.45, 2.75) is 0 Å². The van der Waals surface area contributed by atoms with Crippen LogP contribution in [-0.4, -0.2) is 20.0 Å². The van der Waals surface area contributed by atoms with Gasteiger partial charge in [0.25, 0.3) is 0 Å². The van der Waals surface area contributed by atoms with Crippen LogP contribution in [0.4, 0.5) is 0 Å². The minimum Gasteiger partial charge on any atom is 1.00 e. The molecule has 0 aromatic rings. The average molecular weight is 220 g/mol. The summed E-state index contributed by atoms with van der Waals surface area (Å²) in [6, 6.07) is 0. The van der Waals surface area contributed by atoms with Crippen molar-refractivity contribution in [1.82, 2.24) is 0 Å². The van der Waals surface area contributed by atoms with E-state index in [1.165, 1.54) is 0 Å². The van der Waals surface area contributed by atoms with Crippen molar-refractivity contribution < 1.29 is 38.6 Å². The van der Waals surface area contributed by atoms with Gasteiger partial charge in [0.05, 0.1) is 0 Å². The molecule has 0 saturated carbocycles. The molecular weight excluding hydrogens is 218 g/mol. The van der Waals surface area contributed by atoms with Gasteiger partial charge in [-0.2, -0.15) is 0 Å². The fourth-order valence-corrected chi connectivity index (χ4v) is 0. The number of hydrogen-bond donors (Lipinski definition) is 0. The molecule has 5 nitrogen and oxygen atoms in total. The van der Waals surface area contributed by atoms with E-state index in [1.807, 2.05) is 0 Å². The van der Waals surface area contributed by atoms with Crippen LogP contribution in [0.15, 0.2) is 0 Å². The van der Waals surface area contributed by atoms with E-state index in [0.29, 0.717) is 0 Å². The molecule has 0 saturated heterocycles. The first kappa shape index (κ1) is 15.6.